The summed E-state index contributed by atoms with van der Waals surface area (Å²) in [5.41, 5.74) is 0.415. The maximum absolute atomic E-state index is 11.7. The molecular weight excluding hydrogens is 284 g/mol. The van der Waals surface area contributed by atoms with Gasteiger partial charge in [0.15, 0.2) is 0 Å². The quantitative estimate of drug-likeness (QED) is 0.453. The highest BCUT2D eigenvalue weighted by molar-refractivity contribution is 5.91. The van der Waals surface area contributed by atoms with E-state index in [9.17, 15) is 14.7 Å². The largest absolute Gasteiger partial charge is 0.458 e. The van der Waals surface area contributed by atoms with Crippen molar-refractivity contribution < 1.29 is 24.2 Å². The van der Waals surface area contributed by atoms with Crippen LogP contribution >= 0.6 is 0 Å². The van der Waals surface area contributed by atoms with Crippen LogP contribution < -0.4 is 0 Å². The van der Waals surface area contributed by atoms with Crippen molar-refractivity contribution in [2.45, 2.75) is 44.0 Å². The Morgan fingerprint density at radius 1 is 1.41 bits per heavy atom. The molecule has 0 aromatic rings. The Labute approximate surface area is 129 Å². The van der Waals surface area contributed by atoms with Crippen LogP contribution in [0.25, 0.3) is 0 Å². The third-order valence-corrected chi connectivity index (χ3v) is 5.18. The Balaban J connectivity index is 1.94. The molecule has 0 spiro atoms. The molecule has 5 atom stereocenters. The number of hydrogen-bond acceptors (Lipinski definition) is 5. The average molecular weight is 304 g/mol. The van der Waals surface area contributed by atoms with E-state index in [1.165, 1.54) is 6.92 Å². The van der Waals surface area contributed by atoms with Crippen molar-refractivity contribution in [2.75, 3.05) is 0 Å². The fourth-order valence-electron chi connectivity index (χ4n) is 4.00. The molecule has 1 aliphatic heterocycles. The lowest BCUT2D eigenvalue weighted by molar-refractivity contribution is -0.144. The summed E-state index contributed by atoms with van der Waals surface area (Å²) in [7, 11) is 0. The molecule has 3 fully saturated rings. The van der Waals surface area contributed by atoms with Gasteiger partial charge in [-0.2, -0.15) is 0 Å². The number of aliphatic hydroxyl groups is 1. The van der Waals surface area contributed by atoms with E-state index >= 15 is 0 Å². The Bertz CT molecular complexity index is 604. The van der Waals surface area contributed by atoms with E-state index in [1.807, 2.05) is 0 Å². The molecule has 0 amide bonds. The first-order valence-corrected chi connectivity index (χ1v) is 7.40. The van der Waals surface area contributed by atoms with Crippen molar-refractivity contribution in [1.82, 2.24) is 0 Å². The molecule has 1 N–H and O–H groups in total. The summed E-state index contributed by atoms with van der Waals surface area (Å²) >= 11 is 0. The lowest BCUT2D eigenvalue weighted by Gasteiger charge is -2.31. The fourth-order valence-corrected chi connectivity index (χ4v) is 4.00. The van der Waals surface area contributed by atoms with E-state index in [2.05, 4.69) is 19.7 Å². The lowest BCUT2D eigenvalue weighted by atomic mass is 9.79. The second-order valence-corrected chi connectivity index (χ2v) is 6.48. The predicted molar refractivity (Wildman–Crippen MR) is 78.6 cm³/mol. The molecular formula is C17H20O5. The van der Waals surface area contributed by atoms with Gasteiger partial charge < -0.3 is 14.6 Å². The minimum Gasteiger partial charge on any atom is -0.458 e. The zero-order valence-electron chi connectivity index (χ0n) is 12.6. The maximum atomic E-state index is 11.7. The van der Waals surface area contributed by atoms with Gasteiger partial charge in [0, 0.05) is 30.8 Å². The van der Waals surface area contributed by atoms with Gasteiger partial charge >= 0.3 is 11.9 Å². The van der Waals surface area contributed by atoms with Crippen molar-refractivity contribution in [3.8, 4) is 0 Å². The van der Waals surface area contributed by atoms with Crippen LogP contribution in [0.2, 0.25) is 0 Å². The molecule has 1 saturated heterocycles. The monoisotopic (exact) mass is 304 g/mol. The molecule has 5 heteroatoms. The van der Waals surface area contributed by atoms with Crippen molar-refractivity contribution in [1.29, 1.82) is 0 Å². The molecule has 0 unspecified atom stereocenters. The van der Waals surface area contributed by atoms with Gasteiger partial charge in [-0.05, 0) is 18.4 Å². The topological polar surface area (TPSA) is 72.8 Å². The molecule has 0 bridgehead atoms. The molecule has 3 aliphatic rings. The highest BCUT2D eigenvalue weighted by Gasteiger charge is 2.57. The predicted octanol–water partition coefficient (Wildman–Crippen LogP) is 1.67. The number of ether oxygens (including phenoxy) is 2. The summed E-state index contributed by atoms with van der Waals surface area (Å²) in [6.07, 6.45) is 0.410. The van der Waals surface area contributed by atoms with Crippen LogP contribution in [0.4, 0.5) is 0 Å². The summed E-state index contributed by atoms with van der Waals surface area (Å²) in [5.74, 6) is -1.32. The van der Waals surface area contributed by atoms with Crippen molar-refractivity contribution >= 4 is 11.9 Å². The number of fused-ring (bicyclic) bond motifs is 2. The van der Waals surface area contributed by atoms with Crippen molar-refractivity contribution in [3.63, 3.8) is 0 Å². The van der Waals surface area contributed by atoms with Gasteiger partial charge in [-0.3, -0.25) is 4.79 Å². The minimum absolute atomic E-state index is 0.249. The molecule has 5 nitrogen and oxygen atoms in total. The van der Waals surface area contributed by atoms with E-state index in [1.54, 1.807) is 0 Å². The van der Waals surface area contributed by atoms with Gasteiger partial charge in [0.1, 0.15) is 12.2 Å². The fraction of sp³-hybridized carbons (Fsp3) is 0.529. The molecule has 0 aromatic heterocycles. The summed E-state index contributed by atoms with van der Waals surface area (Å²) < 4.78 is 10.6. The van der Waals surface area contributed by atoms with E-state index in [4.69, 9.17) is 9.47 Å². The van der Waals surface area contributed by atoms with E-state index in [0.717, 1.165) is 5.57 Å². The Morgan fingerprint density at radius 3 is 2.73 bits per heavy atom. The molecule has 1 heterocycles. The lowest BCUT2D eigenvalue weighted by Crippen LogP contribution is -2.37. The van der Waals surface area contributed by atoms with E-state index < -0.39 is 23.6 Å². The molecule has 22 heavy (non-hydrogen) atoms. The van der Waals surface area contributed by atoms with Crippen molar-refractivity contribution in [3.05, 3.63) is 36.5 Å². The van der Waals surface area contributed by atoms with E-state index in [0.29, 0.717) is 30.4 Å². The van der Waals surface area contributed by atoms with E-state index in [-0.39, 0.29) is 17.9 Å². The SMILES string of the molecule is C=C1C(=O)O[C@H]2CC(=C)[C@@H]3C[C@H](OC(C)=O)C(=C)[C@]3(O)C[C@H]12. The first-order chi connectivity index (χ1) is 10.2. The number of esters is 2. The van der Waals surface area contributed by atoms with Crippen LogP contribution in [0.3, 0.4) is 0 Å². The van der Waals surface area contributed by atoms with Crippen LogP contribution in [0.15, 0.2) is 36.5 Å². The van der Waals surface area contributed by atoms with Crippen LogP contribution in [0.5, 0.6) is 0 Å². The maximum Gasteiger partial charge on any atom is 0.334 e. The van der Waals surface area contributed by atoms with Gasteiger partial charge in [-0.15, -0.1) is 0 Å². The van der Waals surface area contributed by atoms with Gasteiger partial charge in [-0.1, -0.05) is 25.3 Å². The Hall–Kier alpha value is -1.88. The number of rotatable bonds is 1. The van der Waals surface area contributed by atoms with Crippen LogP contribution in [-0.2, 0) is 19.1 Å². The smallest absolute Gasteiger partial charge is 0.334 e. The third kappa shape index (κ3) is 2.03. The molecule has 2 aliphatic carbocycles. The zero-order valence-corrected chi connectivity index (χ0v) is 12.6. The molecule has 2 saturated carbocycles. The van der Waals surface area contributed by atoms with Crippen LogP contribution in [0.1, 0.15) is 26.2 Å². The molecule has 0 radical (unpaired) electrons. The second-order valence-electron chi connectivity index (χ2n) is 6.48. The highest BCUT2D eigenvalue weighted by Crippen LogP contribution is 2.54. The Kier molecular flexibility index (Phi) is 3.29. The minimum atomic E-state index is -1.24. The average Bonchev–Trinajstić information content (AvgIpc) is 2.77. The Morgan fingerprint density at radius 2 is 2.09 bits per heavy atom. The third-order valence-electron chi connectivity index (χ3n) is 5.18. The number of carbonyl (C=O) groups is 2. The first kappa shape index (κ1) is 15.0. The van der Waals surface area contributed by atoms with Gasteiger partial charge in [-0.25, -0.2) is 4.79 Å². The zero-order chi connectivity index (χ0) is 16.2. The van der Waals surface area contributed by atoms with Gasteiger partial charge in [0.05, 0.1) is 5.60 Å². The second kappa shape index (κ2) is 4.81. The summed E-state index contributed by atoms with van der Waals surface area (Å²) in [4.78, 5) is 23.0. The first-order valence-electron chi connectivity index (χ1n) is 7.40. The number of carbonyl (C=O) groups excluding carboxylic acids is 2. The molecule has 3 rings (SSSR count). The van der Waals surface area contributed by atoms with Gasteiger partial charge in [0.25, 0.3) is 0 Å². The van der Waals surface area contributed by atoms with Crippen molar-refractivity contribution in [2.24, 2.45) is 11.8 Å². The normalized spacial score (nSPS) is 40.8. The summed E-state index contributed by atoms with van der Waals surface area (Å²) in [5, 5.41) is 11.2. The standard InChI is InChI=1S/C17H20O5/c1-8-5-15-12(9(2)16(19)22-15)7-17(20)10(3)14(6-13(8)17)21-11(4)18/h12-15,20H,1-3,5-7H2,4H3/t12-,13+,14+,15+,17-/m1/s1. The summed E-state index contributed by atoms with van der Waals surface area (Å²) in [6, 6.07) is 0. The van der Waals surface area contributed by atoms with Crippen LogP contribution in [-0.4, -0.2) is 34.9 Å². The number of hydrogen-bond donors (Lipinski definition) is 1. The van der Waals surface area contributed by atoms with Crippen LogP contribution in [0, 0.1) is 11.8 Å². The molecule has 118 valence electrons. The highest BCUT2D eigenvalue weighted by atomic mass is 16.6. The summed E-state index contributed by atoms with van der Waals surface area (Å²) in [6.45, 7) is 13.1. The van der Waals surface area contributed by atoms with Gasteiger partial charge in [0.2, 0.25) is 0 Å². The molecule has 0 aromatic carbocycles.